The first-order valence-corrected chi connectivity index (χ1v) is 12.4. The molecule has 0 aromatic heterocycles. The Kier molecular flexibility index (Phi) is 5.88. The number of hydrogen-bond acceptors (Lipinski definition) is 7. The van der Waals surface area contributed by atoms with Gasteiger partial charge in [-0.2, -0.15) is 13.2 Å². The minimum absolute atomic E-state index is 0.0426. The van der Waals surface area contributed by atoms with Gasteiger partial charge in [0.25, 0.3) is 5.69 Å². The van der Waals surface area contributed by atoms with E-state index in [1.807, 2.05) is 0 Å². The first-order chi connectivity index (χ1) is 14.9. The highest BCUT2D eigenvalue weighted by Crippen LogP contribution is 2.41. The lowest BCUT2D eigenvalue weighted by Crippen LogP contribution is -2.39. The Balaban J connectivity index is 1.66. The van der Waals surface area contributed by atoms with Crippen LogP contribution in [-0.2, 0) is 21.8 Å². The highest BCUT2D eigenvalue weighted by molar-refractivity contribution is 8.13. The molecule has 2 aliphatic rings. The number of alkyl halides is 3. The molecule has 13 heteroatoms. The number of nitrogens with zero attached hydrogens (tertiary/aromatic N) is 3. The van der Waals surface area contributed by atoms with Gasteiger partial charge in [-0.05, 0) is 23.8 Å². The van der Waals surface area contributed by atoms with Gasteiger partial charge in [-0.15, -0.1) is 0 Å². The summed E-state index contributed by atoms with van der Waals surface area (Å²) in [4.78, 5) is 16.2. The summed E-state index contributed by atoms with van der Waals surface area (Å²) in [6.07, 6.45) is -4.59. The van der Waals surface area contributed by atoms with Crippen molar-refractivity contribution in [3.05, 3.63) is 68.7 Å². The summed E-state index contributed by atoms with van der Waals surface area (Å²) < 4.78 is 64.1. The summed E-state index contributed by atoms with van der Waals surface area (Å²) >= 11 is 7.44. The van der Waals surface area contributed by atoms with Crippen LogP contribution in [-0.4, -0.2) is 42.1 Å². The molecule has 7 nitrogen and oxygen atoms in total. The SMILES string of the molecule is O=[N+]([O-])c1ccc(CSC2=N[C@@H]3CS(=O)(=O)C[C@H]3N2c2cc(C(F)(F)F)ccc2Cl)cc1. The summed E-state index contributed by atoms with van der Waals surface area (Å²) in [5.41, 5.74) is -0.181. The van der Waals surface area contributed by atoms with Gasteiger partial charge >= 0.3 is 6.18 Å². The lowest BCUT2D eigenvalue weighted by molar-refractivity contribution is -0.384. The van der Waals surface area contributed by atoms with Crippen LogP contribution in [0.4, 0.5) is 24.5 Å². The molecule has 0 aliphatic carbocycles. The quantitative estimate of drug-likeness (QED) is 0.447. The van der Waals surface area contributed by atoms with Crippen LogP contribution >= 0.6 is 23.4 Å². The predicted molar refractivity (Wildman–Crippen MR) is 117 cm³/mol. The largest absolute Gasteiger partial charge is 0.416 e. The topological polar surface area (TPSA) is 92.9 Å². The zero-order valence-corrected chi connectivity index (χ0v) is 18.5. The second kappa shape index (κ2) is 8.23. The highest BCUT2D eigenvalue weighted by atomic mass is 35.5. The van der Waals surface area contributed by atoms with Crippen molar-refractivity contribution in [3.63, 3.8) is 0 Å². The third kappa shape index (κ3) is 4.57. The molecule has 0 radical (unpaired) electrons. The Hall–Kier alpha value is -2.31. The second-order valence-electron chi connectivity index (χ2n) is 7.37. The molecule has 0 amide bonds. The van der Waals surface area contributed by atoms with E-state index in [4.69, 9.17) is 11.6 Å². The monoisotopic (exact) mass is 505 g/mol. The molecule has 2 aliphatic heterocycles. The molecule has 1 saturated heterocycles. The predicted octanol–water partition coefficient (Wildman–Crippen LogP) is 4.54. The van der Waals surface area contributed by atoms with E-state index in [1.54, 1.807) is 12.1 Å². The molecule has 170 valence electrons. The fraction of sp³-hybridized carbons (Fsp3) is 0.316. The molecule has 0 bridgehead atoms. The zero-order valence-electron chi connectivity index (χ0n) is 16.1. The maximum atomic E-state index is 13.3. The number of nitro groups is 1. The van der Waals surface area contributed by atoms with Crippen LogP contribution in [0.15, 0.2) is 47.5 Å². The fourth-order valence-corrected chi connectivity index (χ4v) is 6.77. The molecule has 0 spiro atoms. The molecule has 2 heterocycles. The molecule has 0 unspecified atom stereocenters. The Bertz CT molecular complexity index is 1200. The van der Waals surface area contributed by atoms with E-state index < -0.39 is 38.6 Å². The molecule has 2 aromatic carbocycles. The molecule has 2 aromatic rings. The number of anilines is 1. The summed E-state index contributed by atoms with van der Waals surface area (Å²) in [6.45, 7) is 0. The minimum Gasteiger partial charge on any atom is -0.313 e. The second-order valence-corrected chi connectivity index (χ2v) is 10.9. The molecular formula is C19H15ClF3N3O4S2. The number of thioether (sulfide) groups is 1. The Morgan fingerprint density at radius 3 is 2.50 bits per heavy atom. The zero-order chi connectivity index (χ0) is 23.3. The van der Waals surface area contributed by atoms with Crippen molar-refractivity contribution in [2.45, 2.75) is 24.0 Å². The summed E-state index contributed by atoms with van der Waals surface area (Å²) in [5, 5.41) is 11.2. The van der Waals surface area contributed by atoms with E-state index in [0.717, 1.165) is 23.8 Å². The number of sulfone groups is 1. The summed E-state index contributed by atoms with van der Waals surface area (Å²) in [6, 6.07) is 7.51. The maximum absolute atomic E-state index is 13.3. The van der Waals surface area contributed by atoms with Crippen molar-refractivity contribution in [1.82, 2.24) is 0 Å². The highest BCUT2D eigenvalue weighted by Gasteiger charge is 2.48. The molecule has 1 fully saturated rings. The smallest absolute Gasteiger partial charge is 0.313 e. The average Bonchev–Trinajstić information content (AvgIpc) is 3.17. The molecule has 32 heavy (non-hydrogen) atoms. The Morgan fingerprint density at radius 2 is 1.88 bits per heavy atom. The molecule has 0 saturated carbocycles. The van der Waals surface area contributed by atoms with Crippen molar-refractivity contribution < 1.29 is 26.5 Å². The normalized spacial score (nSPS) is 22.0. The van der Waals surface area contributed by atoms with Crippen molar-refractivity contribution in [2.24, 2.45) is 4.99 Å². The average molecular weight is 506 g/mol. The van der Waals surface area contributed by atoms with Crippen molar-refractivity contribution in [3.8, 4) is 0 Å². The first kappa shape index (κ1) is 22.9. The number of halogens is 4. The van der Waals surface area contributed by atoms with E-state index >= 15 is 0 Å². The van der Waals surface area contributed by atoms with Gasteiger partial charge in [-0.25, -0.2) is 8.42 Å². The molecule has 0 N–H and O–H groups in total. The van der Waals surface area contributed by atoms with E-state index in [0.29, 0.717) is 10.9 Å². The lowest BCUT2D eigenvalue weighted by Gasteiger charge is -2.28. The van der Waals surface area contributed by atoms with Crippen LogP contribution in [0.5, 0.6) is 0 Å². The number of non-ortho nitro benzene ring substituents is 1. The van der Waals surface area contributed by atoms with Crippen molar-refractivity contribution >= 4 is 49.7 Å². The molecule has 2 atom stereocenters. The van der Waals surface area contributed by atoms with Crippen LogP contribution in [0, 0.1) is 10.1 Å². The van der Waals surface area contributed by atoms with Gasteiger partial charge in [0, 0.05) is 17.9 Å². The Morgan fingerprint density at radius 1 is 1.19 bits per heavy atom. The number of fused-ring (bicyclic) bond motifs is 1. The van der Waals surface area contributed by atoms with Crippen LogP contribution in [0.3, 0.4) is 0 Å². The number of rotatable bonds is 4. The maximum Gasteiger partial charge on any atom is 0.416 e. The summed E-state index contributed by atoms with van der Waals surface area (Å²) in [5.74, 6) is -0.0994. The van der Waals surface area contributed by atoms with Crippen molar-refractivity contribution in [1.29, 1.82) is 0 Å². The number of amidine groups is 1. The standard InChI is InChI=1S/C19H15ClF3N3O4S2/c20-14-6-3-12(19(21,22)23)7-16(14)25-17-10-32(29,30)9-15(17)24-18(25)31-8-11-1-4-13(5-2-11)26(27)28/h1-7,15,17H,8-10H2/t15-,17-/m1/s1. The van der Waals surface area contributed by atoms with Crippen LogP contribution in [0.25, 0.3) is 0 Å². The van der Waals surface area contributed by atoms with Gasteiger partial charge in [-0.3, -0.25) is 15.1 Å². The third-order valence-corrected chi connectivity index (χ3v) is 8.21. The third-order valence-electron chi connectivity index (χ3n) is 5.16. The Labute approximate surface area is 190 Å². The van der Waals surface area contributed by atoms with E-state index in [9.17, 15) is 31.7 Å². The lowest BCUT2D eigenvalue weighted by atomic mass is 10.1. The van der Waals surface area contributed by atoms with E-state index in [1.165, 1.54) is 28.8 Å². The van der Waals surface area contributed by atoms with E-state index in [-0.39, 0.29) is 27.9 Å². The number of aliphatic imine (C=N–C) groups is 1. The fourth-order valence-electron chi connectivity index (χ4n) is 3.65. The summed E-state index contributed by atoms with van der Waals surface area (Å²) in [7, 11) is -3.39. The number of hydrogen-bond donors (Lipinski definition) is 0. The van der Waals surface area contributed by atoms with Gasteiger partial charge in [0.15, 0.2) is 15.0 Å². The molecule has 4 rings (SSSR count). The van der Waals surface area contributed by atoms with Gasteiger partial charge < -0.3 is 4.90 Å². The van der Waals surface area contributed by atoms with Crippen LogP contribution in [0.1, 0.15) is 11.1 Å². The molecular weight excluding hydrogens is 491 g/mol. The van der Waals surface area contributed by atoms with Gasteiger partial charge in [0.1, 0.15) is 0 Å². The van der Waals surface area contributed by atoms with Gasteiger partial charge in [-0.1, -0.05) is 35.5 Å². The van der Waals surface area contributed by atoms with Crippen molar-refractivity contribution in [2.75, 3.05) is 16.4 Å². The van der Waals surface area contributed by atoms with Gasteiger partial charge in [0.05, 0.1) is 44.8 Å². The minimum atomic E-state index is -4.59. The number of nitro benzene ring substituents is 1. The van der Waals surface area contributed by atoms with Gasteiger partial charge in [0.2, 0.25) is 0 Å². The van der Waals surface area contributed by atoms with Crippen LogP contribution < -0.4 is 4.90 Å². The number of benzene rings is 2. The van der Waals surface area contributed by atoms with Crippen LogP contribution in [0.2, 0.25) is 5.02 Å². The van der Waals surface area contributed by atoms with E-state index in [2.05, 4.69) is 4.99 Å². The first-order valence-electron chi connectivity index (χ1n) is 9.25.